The largest absolute Gasteiger partial charge is 0.494 e. The van der Waals surface area contributed by atoms with Crippen LogP contribution in [0.1, 0.15) is 100 Å². The van der Waals surface area contributed by atoms with E-state index < -0.39 is 64.6 Å². The Hall–Kier alpha value is -6.84. The van der Waals surface area contributed by atoms with Crippen molar-refractivity contribution in [1.82, 2.24) is 0 Å². The summed E-state index contributed by atoms with van der Waals surface area (Å²) in [6.45, 7) is 4.71. The maximum Gasteiger partial charge on any atom is 0.422 e. The van der Waals surface area contributed by atoms with Gasteiger partial charge in [-0.1, -0.05) is 32.1 Å². The lowest BCUT2D eigenvalue weighted by Gasteiger charge is -2.27. The van der Waals surface area contributed by atoms with Gasteiger partial charge in [-0.2, -0.15) is 13.2 Å². The second-order valence-corrected chi connectivity index (χ2v) is 14.5. The number of halogens is 4. The molecule has 0 heterocycles. The number of carbonyl (C=O) groups excluding carboxylic acids is 5. The molecule has 1 saturated carbocycles. The van der Waals surface area contributed by atoms with E-state index in [1.807, 2.05) is 12.1 Å². The van der Waals surface area contributed by atoms with Crippen molar-refractivity contribution in [2.75, 3.05) is 13.2 Å². The van der Waals surface area contributed by atoms with Crippen molar-refractivity contribution in [2.45, 2.75) is 77.0 Å². The van der Waals surface area contributed by atoms with Crippen molar-refractivity contribution in [3.8, 4) is 23.0 Å². The smallest absolute Gasteiger partial charge is 0.422 e. The Balaban J connectivity index is 1.05. The molecule has 63 heavy (non-hydrogen) atoms. The van der Waals surface area contributed by atoms with Crippen LogP contribution < -0.4 is 18.9 Å². The monoisotopic (exact) mass is 875 g/mol. The van der Waals surface area contributed by atoms with E-state index in [9.17, 15) is 37.1 Å². The van der Waals surface area contributed by atoms with Gasteiger partial charge in [-0.05, 0) is 130 Å². The third-order valence-electron chi connectivity index (χ3n) is 9.97. The summed E-state index contributed by atoms with van der Waals surface area (Å²) < 4.78 is 84.8. The first-order valence-electron chi connectivity index (χ1n) is 20.2. The predicted octanol–water partition coefficient (Wildman–Crippen LogP) is 9.75. The van der Waals surface area contributed by atoms with Crippen LogP contribution >= 0.6 is 0 Å². The molecule has 4 aromatic carbocycles. The van der Waals surface area contributed by atoms with Crippen LogP contribution in [-0.4, -0.2) is 61.6 Å². The number of hydrogen-bond acceptors (Lipinski definition) is 12. The molecule has 16 heteroatoms. The van der Waals surface area contributed by atoms with Gasteiger partial charge < -0.3 is 33.8 Å². The van der Waals surface area contributed by atoms with E-state index in [-0.39, 0.29) is 48.4 Å². The molecule has 1 fully saturated rings. The summed E-state index contributed by atoms with van der Waals surface area (Å²) in [5, 5.41) is 7.76. The Morgan fingerprint density at radius 1 is 0.698 bits per heavy atom. The van der Waals surface area contributed by atoms with Gasteiger partial charge in [0.1, 0.15) is 28.9 Å². The third-order valence-corrected chi connectivity index (χ3v) is 9.97. The van der Waals surface area contributed by atoms with Crippen molar-refractivity contribution in [1.29, 1.82) is 5.41 Å². The Morgan fingerprint density at radius 2 is 1.25 bits per heavy atom. The summed E-state index contributed by atoms with van der Waals surface area (Å²) in [6, 6.07) is 20.9. The normalized spacial score (nSPS) is 14.7. The number of aryl methyl sites for hydroxylation is 1. The minimum Gasteiger partial charge on any atom is -0.494 e. The van der Waals surface area contributed by atoms with Crippen molar-refractivity contribution < 1.29 is 70.0 Å². The van der Waals surface area contributed by atoms with Crippen LogP contribution in [0, 0.1) is 17.1 Å². The van der Waals surface area contributed by atoms with Crippen LogP contribution in [0.5, 0.6) is 23.0 Å². The Labute approximate surface area is 360 Å². The lowest BCUT2D eigenvalue weighted by Crippen LogP contribution is -2.30. The molecule has 1 aliphatic rings. The minimum atomic E-state index is -4.86. The zero-order chi connectivity index (χ0) is 45.5. The molecule has 4 aromatic rings. The van der Waals surface area contributed by atoms with E-state index in [0.29, 0.717) is 49.6 Å². The number of esters is 5. The molecule has 1 N–H and O–H groups in total. The highest BCUT2D eigenvalue weighted by Crippen LogP contribution is 2.33. The van der Waals surface area contributed by atoms with Gasteiger partial charge in [0, 0.05) is 6.21 Å². The van der Waals surface area contributed by atoms with Gasteiger partial charge in [0.05, 0.1) is 41.4 Å². The minimum absolute atomic E-state index is 0.00895. The molecule has 0 aromatic heterocycles. The fraction of sp³-hybridized carbons (Fsp3) is 0.319. The second-order valence-electron chi connectivity index (χ2n) is 14.5. The van der Waals surface area contributed by atoms with Crippen LogP contribution in [0.3, 0.4) is 0 Å². The maximum atomic E-state index is 15.5. The van der Waals surface area contributed by atoms with E-state index >= 15 is 4.39 Å². The first-order chi connectivity index (χ1) is 30.2. The van der Waals surface area contributed by atoms with Crippen molar-refractivity contribution in [3.05, 3.63) is 131 Å². The molecule has 0 saturated heterocycles. The van der Waals surface area contributed by atoms with E-state index in [2.05, 4.69) is 18.2 Å². The van der Waals surface area contributed by atoms with E-state index in [0.717, 1.165) is 30.9 Å². The lowest BCUT2D eigenvalue weighted by molar-refractivity contribution is -0.150. The van der Waals surface area contributed by atoms with Crippen molar-refractivity contribution in [3.63, 3.8) is 0 Å². The molecule has 5 rings (SSSR count). The number of rotatable bonds is 19. The number of benzene rings is 4. The highest BCUT2D eigenvalue weighted by molar-refractivity contribution is 5.94. The molecule has 0 radical (unpaired) electrons. The fourth-order valence-electron chi connectivity index (χ4n) is 6.31. The van der Waals surface area contributed by atoms with Gasteiger partial charge >= 0.3 is 36.0 Å². The Bertz CT molecular complexity index is 2270. The summed E-state index contributed by atoms with van der Waals surface area (Å²) in [5.74, 6) is -6.18. The fourth-order valence-corrected chi connectivity index (χ4v) is 6.31. The summed E-state index contributed by atoms with van der Waals surface area (Å²) in [5.41, 5.74) is -0.225. The Kier molecular flexibility index (Phi) is 16.7. The molecule has 1 aliphatic carbocycles. The first-order valence-corrected chi connectivity index (χ1v) is 20.2. The number of ether oxygens (including phenoxy) is 6. The number of nitrogens with one attached hydrogen (secondary N) is 1. The quantitative estimate of drug-likeness (QED) is 0.0238. The van der Waals surface area contributed by atoms with Crippen LogP contribution in [0.25, 0.3) is 0 Å². The number of carbonyl (C=O) groups is 5. The van der Waals surface area contributed by atoms with E-state index in [1.54, 1.807) is 12.1 Å². The summed E-state index contributed by atoms with van der Waals surface area (Å²) in [4.78, 5) is 62.7. The van der Waals surface area contributed by atoms with Crippen molar-refractivity contribution in [2.24, 2.45) is 5.92 Å². The van der Waals surface area contributed by atoms with Gasteiger partial charge in [-0.3, -0.25) is 4.79 Å². The average Bonchev–Trinajstić information content (AvgIpc) is 3.28. The van der Waals surface area contributed by atoms with Crippen LogP contribution in [0.4, 0.5) is 17.6 Å². The van der Waals surface area contributed by atoms with Gasteiger partial charge in [0.15, 0.2) is 11.6 Å². The third kappa shape index (κ3) is 13.6. The predicted molar refractivity (Wildman–Crippen MR) is 220 cm³/mol. The lowest BCUT2D eigenvalue weighted by atomic mass is 9.87. The second kappa shape index (κ2) is 22.3. The highest BCUT2D eigenvalue weighted by atomic mass is 19.4. The van der Waals surface area contributed by atoms with Crippen molar-refractivity contribution >= 4 is 36.1 Å². The molecule has 0 spiro atoms. The standard InChI is InChI=1S/C47H45F4NO11/c1-3-4-7-30-8-10-31(11-9-30)43(54)60-36-22-16-34(17-23-36)46(57)63-40-25-24-39(38(28-52)41(40)48)62-45(56)33-14-20-37(21-15-33)61-44(55)32-12-18-35(19-13-32)58-26-5-6-27-59-42(53)29(2)47(49,50)51/h8-15,18-21,24-25,28,34,36,52H,2-7,16-17,22-23,26-27H2,1H3. The molecule has 0 aliphatic heterocycles. The zero-order valence-corrected chi connectivity index (χ0v) is 34.3. The number of alkyl halides is 3. The number of unbranched alkanes of at least 4 members (excludes halogenated alkanes) is 2. The maximum absolute atomic E-state index is 15.5. The van der Waals surface area contributed by atoms with E-state index in [4.69, 9.17) is 29.1 Å². The number of hydrogen-bond donors (Lipinski definition) is 1. The first kappa shape index (κ1) is 47.2. The molecule has 0 bridgehead atoms. The van der Waals surface area contributed by atoms with Crippen LogP contribution in [0.15, 0.2) is 97.1 Å². The van der Waals surface area contributed by atoms with Crippen LogP contribution in [0.2, 0.25) is 0 Å². The molecule has 12 nitrogen and oxygen atoms in total. The van der Waals surface area contributed by atoms with Gasteiger partial charge in [-0.15, -0.1) is 0 Å². The molecular weight excluding hydrogens is 831 g/mol. The summed E-state index contributed by atoms with van der Waals surface area (Å²) in [7, 11) is 0. The van der Waals surface area contributed by atoms with Gasteiger partial charge in [0.25, 0.3) is 0 Å². The average molecular weight is 876 g/mol. The SMILES string of the molecule is C=C(C(=O)OCCCCOc1ccc(C(=O)Oc2ccc(C(=O)Oc3ccc(OC(=O)C4CCC(OC(=O)c5ccc(CCCC)cc5)CC4)c(F)c3C=N)cc2)cc1)C(F)(F)F. The summed E-state index contributed by atoms with van der Waals surface area (Å²) in [6.07, 6.45) is 0.647. The van der Waals surface area contributed by atoms with Gasteiger partial charge in [0.2, 0.25) is 0 Å². The molecular formula is C47H45F4NO11. The van der Waals surface area contributed by atoms with E-state index in [1.165, 1.54) is 54.6 Å². The summed E-state index contributed by atoms with van der Waals surface area (Å²) >= 11 is 0. The molecule has 0 unspecified atom stereocenters. The van der Waals surface area contributed by atoms with Gasteiger partial charge in [-0.25, -0.2) is 23.6 Å². The molecule has 0 atom stereocenters. The highest BCUT2D eigenvalue weighted by Gasteiger charge is 2.38. The topological polar surface area (TPSA) is 165 Å². The molecule has 332 valence electrons. The Morgan fingerprint density at radius 3 is 1.86 bits per heavy atom. The zero-order valence-electron chi connectivity index (χ0n) is 34.3. The molecule has 0 amide bonds. The van der Waals surface area contributed by atoms with Crippen LogP contribution in [-0.2, 0) is 25.5 Å².